The summed E-state index contributed by atoms with van der Waals surface area (Å²) < 4.78 is 15.3. The number of aryl methyl sites for hydroxylation is 2. The standard InChI is InChI=1S/C17H19BrFN/c1-11-8-12(2)17(15(19)9-11)16(20-3)10-13-4-6-14(18)7-5-13/h4-9,16,20H,10H2,1-3H3. The van der Waals surface area contributed by atoms with Gasteiger partial charge < -0.3 is 5.32 Å². The zero-order chi connectivity index (χ0) is 14.7. The van der Waals surface area contributed by atoms with Crippen molar-refractivity contribution >= 4 is 15.9 Å². The quantitative estimate of drug-likeness (QED) is 0.853. The minimum Gasteiger partial charge on any atom is -0.313 e. The first-order chi connectivity index (χ1) is 9.51. The van der Waals surface area contributed by atoms with E-state index in [4.69, 9.17) is 0 Å². The molecule has 0 aromatic heterocycles. The predicted octanol–water partition coefficient (Wildman–Crippen LogP) is 4.71. The highest BCUT2D eigenvalue weighted by atomic mass is 79.9. The molecule has 2 aromatic rings. The van der Waals surface area contributed by atoms with Gasteiger partial charge in [0.2, 0.25) is 0 Å². The topological polar surface area (TPSA) is 12.0 Å². The van der Waals surface area contributed by atoms with Crippen molar-refractivity contribution in [3.63, 3.8) is 0 Å². The van der Waals surface area contributed by atoms with E-state index in [0.29, 0.717) is 0 Å². The maximum absolute atomic E-state index is 14.3. The van der Waals surface area contributed by atoms with Gasteiger partial charge in [-0.3, -0.25) is 0 Å². The Morgan fingerprint density at radius 3 is 2.35 bits per heavy atom. The van der Waals surface area contributed by atoms with Gasteiger partial charge in [0.1, 0.15) is 5.82 Å². The first-order valence-electron chi connectivity index (χ1n) is 6.69. The van der Waals surface area contributed by atoms with E-state index in [1.807, 2.05) is 39.1 Å². The van der Waals surface area contributed by atoms with Crippen molar-refractivity contribution in [2.24, 2.45) is 0 Å². The fourth-order valence-corrected chi connectivity index (χ4v) is 2.84. The fraction of sp³-hybridized carbons (Fsp3) is 0.294. The van der Waals surface area contributed by atoms with Gasteiger partial charge in [-0.2, -0.15) is 0 Å². The molecule has 0 fully saturated rings. The van der Waals surface area contributed by atoms with E-state index in [2.05, 4.69) is 33.4 Å². The van der Waals surface area contributed by atoms with Gasteiger partial charge in [-0.15, -0.1) is 0 Å². The number of hydrogen-bond donors (Lipinski definition) is 1. The van der Waals surface area contributed by atoms with E-state index in [-0.39, 0.29) is 11.9 Å². The summed E-state index contributed by atoms with van der Waals surface area (Å²) >= 11 is 3.43. The molecule has 0 saturated heterocycles. The highest BCUT2D eigenvalue weighted by Crippen LogP contribution is 2.26. The summed E-state index contributed by atoms with van der Waals surface area (Å²) in [6.07, 6.45) is 0.768. The van der Waals surface area contributed by atoms with Crippen LogP contribution in [-0.2, 0) is 6.42 Å². The van der Waals surface area contributed by atoms with Crippen LogP contribution < -0.4 is 5.32 Å². The molecule has 3 heteroatoms. The normalized spacial score (nSPS) is 12.4. The minimum atomic E-state index is -0.126. The molecule has 0 aliphatic carbocycles. The number of benzene rings is 2. The molecule has 0 spiro atoms. The lowest BCUT2D eigenvalue weighted by Crippen LogP contribution is -2.21. The molecular weight excluding hydrogens is 317 g/mol. The maximum Gasteiger partial charge on any atom is 0.128 e. The summed E-state index contributed by atoms with van der Waals surface area (Å²) in [6, 6.07) is 11.8. The van der Waals surface area contributed by atoms with Gasteiger partial charge in [-0.25, -0.2) is 4.39 Å². The predicted molar refractivity (Wildman–Crippen MR) is 85.5 cm³/mol. The second-order valence-corrected chi connectivity index (χ2v) is 6.06. The van der Waals surface area contributed by atoms with Gasteiger partial charge in [0.25, 0.3) is 0 Å². The third kappa shape index (κ3) is 3.47. The zero-order valence-corrected chi connectivity index (χ0v) is 13.6. The lowest BCUT2D eigenvalue weighted by molar-refractivity contribution is 0.530. The van der Waals surface area contributed by atoms with Crippen LogP contribution in [0.25, 0.3) is 0 Å². The van der Waals surface area contributed by atoms with Crippen LogP contribution in [0.3, 0.4) is 0 Å². The average Bonchev–Trinajstić information content (AvgIpc) is 2.38. The number of likely N-dealkylation sites (N-methyl/N-ethyl adjacent to an activating group) is 1. The second-order valence-electron chi connectivity index (χ2n) is 5.15. The Labute approximate surface area is 128 Å². The Hall–Kier alpha value is -1.19. The van der Waals surface area contributed by atoms with Crippen LogP contribution in [0.5, 0.6) is 0 Å². The van der Waals surface area contributed by atoms with Crippen molar-refractivity contribution in [1.82, 2.24) is 5.32 Å². The van der Waals surface area contributed by atoms with Gasteiger partial charge in [0.05, 0.1) is 0 Å². The van der Waals surface area contributed by atoms with Crippen LogP contribution in [0.4, 0.5) is 4.39 Å². The molecule has 2 rings (SSSR count). The summed E-state index contributed by atoms with van der Waals surface area (Å²) in [5, 5.41) is 3.23. The lowest BCUT2D eigenvalue weighted by Gasteiger charge is -2.20. The summed E-state index contributed by atoms with van der Waals surface area (Å²) in [5.41, 5.74) is 3.91. The molecule has 0 aliphatic heterocycles. The molecule has 1 nitrogen and oxygen atoms in total. The zero-order valence-electron chi connectivity index (χ0n) is 12.0. The molecule has 20 heavy (non-hydrogen) atoms. The molecule has 0 saturated carbocycles. The van der Waals surface area contributed by atoms with E-state index in [1.54, 1.807) is 6.07 Å². The highest BCUT2D eigenvalue weighted by molar-refractivity contribution is 9.10. The Bertz CT molecular complexity index is 569. The Balaban J connectivity index is 2.31. The third-order valence-electron chi connectivity index (χ3n) is 3.53. The first-order valence-corrected chi connectivity index (χ1v) is 7.49. The van der Waals surface area contributed by atoms with Gasteiger partial charge in [0.15, 0.2) is 0 Å². The van der Waals surface area contributed by atoms with Crippen LogP contribution >= 0.6 is 15.9 Å². The molecule has 0 heterocycles. The van der Waals surface area contributed by atoms with Gasteiger partial charge in [-0.05, 0) is 62.2 Å². The Kier molecular flexibility index (Phi) is 4.95. The number of nitrogens with one attached hydrogen (secondary N) is 1. The van der Waals surface area contributed by atoms with Crippen LogP contribution in [-0.4, -0.2) is 7.05 Å². The second kappa shape index (κ2) is 6.51. The van der Waals surface area contributed by atoms with Gasteiger partial charge in [0, 0.05) is 16.1 Å². The minimum absolute atomic E-state index is 0.0169. The van der Waals surface area contributed by atoms with Crippen molar-refractivity contribution in [2.45, 2.75) is 26.3 Å². The lowest BCUT2D eigenvalue weighted by atomic mass is 9.94. The van der Waals surface area contributed by atoms with Crippen molar-refractivity contribution in [1.29, 1.82) is 0 Å². The van der Waals surface area contributed by atoms with E-state index in [0.717, 1.165) is 27.6 Å². The Morgan fingerprint density at radius 2 is 1.80 bits per heavy atom. The van der Waals surface area contributed by atoms with E-state index < -0.39 is 0 Å². The summed E-state index contributed by atoms with van der Waals surface area (Å²) in [7, 11) is 1.88. The van der Waals surface area contributed by atoms with Crippen LogP contribution in [0.2, 0.25) is 0 Å². The van der Waals surface area contributed by atoms with Crippen molar-refractivity contribution in [3.8, 4) is 0 Å². The van der Waals surface area contributed by atoms with E-state index in [1.165, 1.54) is 5.56 Å². The van der Waals surface area contributed by atoms with Crippen LogP contribution in [0, 0.1) is 19.7 Å². The molecule has 0 radical (unpaired) electrons. The van der Waals surface area contributed by atoms with Crippen molar-refractivity contribution in [2.75, 3.05) is 7.05 Å². The molecule has 0 amide bonds. The monoisotopic (exact) mass is 335 g/mol. The third-order valence-corrected chi connectivity index (χ3v) is 4.06. The molecular formula is C17H19BrFN. The van der Waals surface area contributed by atoms with Gasteiger partial charge in [-0.1, -0.05) is 34.1 Å². The fourth-order valence-electron chi connectivity index (χ4n) is 2.57. The number of halogens is 2. The smallest absolute Gasteiger partial charge is 0.128 e. The first kappa shape index (κ1) is 15.2. The molecule has 1 N–H and O–H groups in total. The molecule has 1 unspecified atom stereocenters. The average molecular weight is 336 g/mol. The Morgan fingerprint density at radius 1 is 1.15 bits per heavy atom. The molecule has 0 bridgehead atoms. The molecule has 106 valence electrons. The maximum atomic E-state index is 14.3. The SMILES string of the molecule is CNC(Cc1ccc(Br)cc1)c1c(C)cc(C)cc1F. The van der Waals surface area contributed by atoms with Crippen molar-refractivity contribution < 1.29 is 4.39 Å². The van der Waals surface area contributed by atoms with Crippen LogP contribution in [0.15, 0.2) is 40.9 Å². The van der Waals surface area contributed by atoms with Gasteiger partial charge >= 0.3 is 0 Å². The van der Waals surface area contributed by atoms with E-state index >= 15 is 0 Å². The highest BCUT2D eigenvalue weighted by Gasteiger charge is 2.17. The van der Waals surface area contributed by atoms with E-state index in [9.17, 15) is 4.39 Å². The largest absolute Gasteiger partial charge is 0.313 e. The van der Waals surface area contributed by atoms with Crippen LogP contribution in [0.1, 0.15) is 28.3 Å². The van der Waals surface area contributed by atoms with Crippen molar-refractivity contribution in [3.05, 3.63) is 68.9 Å². The summed E-state index contributed by atoms with van der Waals surface area (Å²) in [5.74, 6) is -0.126. The molecule has 2 aromatic carbocycles. The molecule has 0 aliphatic rings. The summed E-state index contributed by atoms with van der Waals surface area (Å²) in [4.78, 5) is 0. The summed E-state index contributed by atoms with van der Waals surface area (Å²) in [6.45, 7) is 3.89. The number of rotatable bonds is 4. The molecule has 1 atom stereocenters. The number of hydrogen-bond acceptors (Lipinski definition) is 1.